The molecule has 0 bridgehead atoms. The molecule has 0 fully saturated rings. The first-order valence-corrected chi connectivity index (χ1v) is 7.77. The molecule has 0 rings (SSSR count). The molecule has 0 radical (unpaired) electrons. The number of unbranched alkanes of at least 4 members (excludes halogenated alkanes) is 3. The average Bonchev–Trinajstić information content (AvgIpc) is 2.02. The molecular formula is C11H26Si. The lowest BCUT2D eigenvalue weighted by Crippen LogP contribution is -1.93. The smallest absolute Gasteiger partial charge is 0.0198 e. The van der Waals surface area contributed by atoms with Crippen LogP contribution in [0, 0.1) is 5.92 Å². The predicted molar refractivity (Wildman–Crippen MR) is 61.8 cm³/mol. The van der Waals surface area contributed by atoms with E-state index in [-0.39, 0.29) is 0 Å². The van der Waals surface area contributed by atoms with Gasteiger partial charge in [-0.1, -0.05) is 65.0 Å². The van der Waals surface area contributed by atoms with Crippen molar-refractivity contribution in [2.24, 2.45) is 5.92 Å². The summed E-state index contributed by atoms with van der Waals surface area (Å²) in [4.78, 5) is 0. The minimum atomic E-state index is 0.341. The molecule has 0 N–H and O–H groups in total. The standard InChI is InChI=1S/C11H26Si/c1-4-5-6-7-9-12-10-8-11(2)3/h11H,4-10,12H2,1-3H3. The van der Waals surface area contributed by atoms with Gasteiger partial charge in [0, 0.05) is 9.52 Å². The van der Waals surface area contributed by atoms with Crippen LogP contribution in [0.3, 0.4) is 0 Å². The van der Waals surface area contributed by atoms with Gasteiger partial charge >= 0.3 is 0 Å². The molecule has 1 heteroatoms. The van der Waals surface area contributed by atoms with E-state index in [9.17, 15) is 0 Å². The fourth-order valence-corrected chi connectivity index (χ4v) is 3.68. The van der Waals surface area contributed by atoms with E-state index in [4.69, 9.17) is 0 Å². The molecule has 0 aromatic rings. The quantitative estimate of drug-likeness (QED) is 0.401. The molecular weight excluding hydrogens is 160 g/mol. The van der Waals surface area contributed by atoms with Gasteiger partial charge in [0.15, 0.2) is 0 Å². The fourth-order valence-electron chi connectivity index (χ4n) is 1.51. The Morgan fingerprint density at radius 1 is 1.00 bits per heavy atom. The second-order valence-electron chi connectivity index (χ2n) is 4.30. The predicted octanol–water partition coefficient (Wildman–Crippen LogP) is 3.62. The average molecular weight is 186 g/mol. The van der Waals surface area contributed by atoms with Crippen molar-refractivity contribution in [3.05, 3.63) is 0 Å². The van der Waals surface area contributed by atoms with Crippen molar-refractivity contribution in [3.8, 4) is 0 Å². The van der Waals surface area contributed by atoms with Crippen molar-refractivity contribution >= 4 is 9.52 Å². The molecule has 0 aliphatic carbocycles. The van der Waals surface area contributed by atoms with Crippen LogP contribution in [-0.2, 0) is 0 Å². The molecule has 0 aromatic carbocycles. The molecule has 0 heterocycles. The number of hydrogen-bond donors (Lipinski definition) is 0. The highest BCUT2D eigenvalue weighted by Gasteiger charge is 1.94. The maximum atomic E-state index is 2.34. The summed E-state index contributed by atoms with van der Waals surface area (Å²) in [6.07, 6.45) is 7.34. The van der Waals surface area contributed by atoms with Gasteiger partial charge in [0.2, 0.25) is 0 Å². The molecule has 74 valence electrons. The van der Waals surface area contributed by atoms with Crippen LogP contribution in [-0.4, -0.2) is 9.52 Å². The third-order valence-electron chi connectivity index (χ3n) is 2.39. The van der Waals surface area contributed by atoms with Crippen LogP contribution in [0.15, 0.2) is 0 Å². The van der Waals surface area contributed by atoms with Crippen LogP contribution in [0.25, 0.3) is 0 Å². The van der Waals surface area contributed by atoms with E-state index >= 15 is 0 Å². The Labute approximate surface area is 81.0 Å². The summed E-state index contributed by atoms with van der Waals surface area (Å²) in [5, 5.41) is 0. The normalized spacial score (nSPS) is 12.0. The first-order valence-electron chi connectivity index (χ1n) is 5.77. The lowest BCUT2D eigenvalue weighted by molar-refractivity contribution is 0.622. The molecule has 0 spiro atoms. The zero-order valence-electron chi connectivity index (χ0n) is 9.23. The summed E-state index contributed by atoms with van der Waals surface area (Å²) >= 11 is 0. The Morgan fingerprint density at radius 3 is 2.33 bits per heavy atom. The zero-order valence-corrected chi connectivity index (χ0v) is 10.6. The largest absolute Gasteiger partial charge is 0.0654 e. The van der Waals surface area contributed by atoms with Crippen molar-refractivity contribution < 1.29 is 0 Å². The summed E-state index contributed by atoms with van der Waals surface area (Å²) in [5.41, 5.74) is 0. The highest BCUT2D eigenvalue weighted by molar-refractivity contribution is 6.35. The van der Waals surface area contributed by atoms with E-state index in [1.54, 1.807) is 12.1 Å². The second-order valence-corrected chi connectivity index (χ2v) is 6.43. The van der Waals surface area contributed by atoms with Crippen LogP contribution < -0.4 is 0 Å². The van der Waals surface area contributed by atoms with Crippen LogP contribution in [0.5, 0.6) is 0 Å². The molecule has 0 aliphatic heterocycles. The monoisotopic (exact) mass is 186 g/mol. The topological polar surface area (TPSA) is 0 Å². The van der Waals surface area contributed by atoms with Crippen molar-refractivity contribution in [1.29, 1.82) is 0 Å². The third kappa shape index (κ3) is 10.2. The molecule has 0 atom stereocenters. The Hall–Kier alpha value is 0.217. The summed E-state index contributed by atoms with van der Waals surface area (Å²) in [7, 11) is 0.341. The van der Waals surface area contributed by atoms with Crippen molar-refractivity contribution in [1.82, 2.24) is 0 Å². The maximum absolute atomic E-state index is 2.34. The van der Waals surface area contributed by atoms with E-state index in [2.05, 4.69) is 20.8 Å². The van der Waals surface area contributed by atoms with Crippen molar-refractivity contribution in [3.63, 3.8) is 0 Å². The Morgan fingerprint density at radius 2 is 1.75 bits per heavy atom. The first-order chi connectivity index (χ1) is 5.77. The van der Waals surface area contributed by atoms with Gasteiger partial charge in [0.05, 0.1) is 0 Å². The van der Waals surface area contributed by atoms with Gasteiger partial charge in [-0.05, 0) is 5.92 Å². The van der Waals surface area contributed by atoms with Crippen LogP contribution in [0.2, 0.25) is 12.1 Å². The Bertz CT molecular complexity index is 79.1. The van der Waals surface area contributed by atoms with Crippen LogP contribution in [0.1, 0.15) is 52.9 Å². The molecule has 0 unspecified atom stereocenters. The van der Waals surface area contributed by atoms with Crippen LogP contribution >= 0.6 is 0 Å². The van der Waals surface area contributed by atoms with Gasteiger partial charge in [0.25, 0.3) is 0 Å². The van der Waals surface area contributed by atoms with E-state index in [0.29, 0.717) is 9.52 Å². The van der Waals surface area contributed by atoms with E-state index in [1.807, 2.05) is 0 Å². The van der Waals surface area contributed by atoms with Crippen LogP contribution in [0.4, 0.5) is 0 Å². The van der Waals surface area contributed by atoms with E-state index < -0.39 is 0 Å². The van der Waals surface area contributed by atoms with E-state index in [1.165, 1.54) is 32.1 Å². The van der Waals surface area contributed by atoms with Gasteiger partial charge < -0.3 is 0 Å². The minimum absolute atomic E-state index is 0.341. The molecule has 0 saturated heterocycles. The number of rotatable bonds is 8. The molecule has 0 aromatic heterocycles. The second kappa shape index (κ2) is 9.31. The summed E-state index contributed by atoms with van der Waals surface area (Å²) in [6, 6.07) is 3.19. The number of hydrogen-bond acceptors (Lipinski definition) is 0. The van der Waals surface area contributed by atoms with Gasteiger partial charge in [-0.3, -0.25) is 0 Å². The Kier molecular flexibility index (Phi) is 9.47. The zero-order chi connectivity index (χ0) is 9.23. The molecule has 12 heavy (non-hydrogen) atoms. The molecule has 0 nitrogen and oxygen atoms in total. The third-order valence-corrected chi connectivity index (χ3v) is 4.29. The Balaban J connectivity index is 2.82. The minimum Gasteiger partial charge on any atom is -0.0654 e. The van der Waals surface area contributed by atoms with Crippen molar-refractivity contribution in [2.45, 2.75) is 65.0 Å². The molecule has 0 amide bonds. The summed E-state index contributed by atoms with van der Waals surface area (Å²) in [6.45, 7) is 6.97. The highest BCUT2D eigenvalue weighted by Crippen LogP contribution is 2.07. The maximum Gasteiger partial charge on any atom is 0.0198 e. The van der Waals surface area contributed by atoms with E-state index in [0.717, 1.165) is 5.92 Å². The molecule has 0 aliphatic rings. The van der Waals surface area contributed by atoms with Gasteiger partial charge in [-0.2, -0.15) is 0 Å². The lowest BCUT2D eigenvalue weighted by Gasteiger charge is -2.03. The van der Waals surface area contributed by atoms with Gasteiger partial charge in [-0.25, -0.2) is 0 Å². The lowest BCUT2D eigenvalue weighted by atomic mass is 10.2. The first kappa shape index (κ1) is 12.2. The summed E-state index contributed by atoms with van der Waals surface area (Å²) in [5.74, 6) is 0.938. The highest BCUT2D eigenvalue weighted by atomic mass is 28.2. The van der Waals surface area contributed by atoms with Gasteiger partial charge in [-0.15, -0.1) is 0 Å². The van der Waals surface area contributed by atoms with Gasteiger partial charge in [0.1, 0.15) is 0 Å². The SMILES string of the molecule is CCCCCC[SiH2]CCC(C)C. The summed E-state index contributed by atoms with van der Waals surface area (Å²) < 4.78 is 0. The van der Waals surface area contributed by atoms with Crippen molar-refractivity contribution in [2.75, 3.05) is 0 Å². The molecule has 0 saturated carbocycles. The fraction of sp³-hybridized carbons (Fsp3) is 1.00.